The Kier molecular flexibility index (Phi) is 4.93. The van der Waals surface area contributed by atoms with E-state index in [9.17, 15) is 18.4 Å². The van der Waals surface area contributed by atoms with Crippen LogP contribution >= 0.6 is 11.6 Å². The topological polar surface area (TPSA) is 43.4 Å². The number of esters is 1. The minimum absolute atomic E-state index is 0.0464. The van der Waals surface area contributed by atoms with Crippen LogP contribution in [0.1, 0.15) is 40.0 Å². The Morgan fingerprint density at radius 2 is 1.89 bits per heavy atom. The number of carbonyl (C=O) groups excluding carboxylic acids is 2. The van der Waals surface area contributed by atoms with Gasteiger partial charge in [0.2, 0.25) is 5.92 Å². The third kappa shape index (κ3) is 4.71. The molecule has 110 valence electrons. The van der Waals surface area contributed by atoms with Gasteiger partial charge in [-0.15, -0.1) is 11.6 Å². The first-order valence-electron chi connectivity index (χ1n) is 6.25. The van der Waals surface area contributed by atoms with Crippen LogP contribution in [0.15, 0.2) is 0 Å². The van der Waals surface area contributed by atoms with Gasteiger partial charge < -0.3 is 4.74 Å². The second kappa shape index (κ2) is 5.73. The molecule has 0 saturated heterocycles. The molecule has 19 heavy (non-hydrogen) atoms. The number of hydrogen-bond acceptors (Lipinski definition) is 3. The maximum Gasteiger partial charge on any atom is 0.310 e. The number of ether oxygens (including phenoxy) is 1. The molecule has 1 saturated carbocycles. The van der Waals surface area contributed by atoms with Crippen molar-refractivity contribution in [1.82, 2.24) is 0 Å². The van der Waals surface area contributed by atoms with Crippen molar-refractivity contribution in [1.29, 1.82) is 0 Å². The first-order chi connectivity index (χ1) is 8.56. The minimum atomic E-state index is -2.91. The molecule has 0 aromatic carbocycles. The molecule has 0 aromatic rings. The molecule has 1 rings (SSSR count). The molecule has 1 fully saturated rings. The lowest BCUT2D eigenvalue weighted by atomic mass is 9.75. The number of hydrogen-bond donors (Lipinski definition) is 0. The smallest absolute Gasteiger partial charge is 0.310 e. The van der Waals surface area contributed by atoms with E-state index in [0.717, 1.165) is 0 Å². The van der Waals surface area contributed by atoms with Crippen LogP contribution < -0.4 is 0 Å². The van der Waals surface area contributed by atoms with Gasteiger partial charge in [-0.1, -0.05) is 0 Å². The highest BCUT2D eigenvalue weighted by molar-refractivity contribution is 6.28. The average Bonchev–Trinajstić information content (AvgIpc) is 2.24. The quantitative estimate of drug-likeness (QED) is 0.593. The minimum Gasteiger partial charge on any atom is -0.460 e. The van der Waals surface area contributed by atoms with Gasteiger partial charge in [0.25, 0.3) is 0 Å². The fourth-order valence-electron chi connectivity index (χ4n) is 2.23. The monoisotopic (exact) mass is 296 g/mol. The normalized spacial score (nSPS) is 26.8. The molecule has 0 N–H and O–H groups in total. The van der Waals surface area contributed by atoms with Gasteiger partial charge in [-0.05, 0) is 27.2 Å². The molecule has 0 heterocycles. The van der Waals surface area contributed by atoms with Crippen molar-refractivity contribution < 1.29 is 23.1 Å². The zero-order chi connectivity index (χ0) is 14.8. The molecule has 1 aliphatic rings. The summed E-state index contributed by atoms with van der Waals surface area (Å²) in [6.07, 6.45) is -1.07. The summed E-state index contributed by atoms with van der Waals surface area (Å²) in [5, 5.41) is 0. The Balaban J connectivity index is 2.85. The Hall–Kier alpha value is -0.710. The Morgan fingerprint density at radius 3 is 2.37 bits per heavy atom. The Labute approximate surface area is 116 Å². The van der Waals surface area contributed by atoms with Crippen molar-refractivity contribution in [3.63, 3.8) is 0 Å². The van der Waals surface area contributed by atoms with Crippen molar-refractivity contribution in [2.75, 3.05) is 5.88 Å². The van der Waals surface area contributed by atoms with E-state index in [1.807, 2.05) is 0 Å². The third-order valence-corrected chi connectivity index (χ3v) is 3.34. The summed E-state index contributed by atoms with van der Waals surface area (Å²) < 4.78 is 31.9. The van der Waals surface area contributed by atoms with Gasteiger partial charge in [0.1, 0.15) is 5.60 Å². The molecule has 2 unspecified atom stereocenters. The average molecular weight is 297 g/mol. The molecule has 0 radical (unpaired) electrons. The molecule has 0 spiro atoms. The first kappa shape index (κ1) is 16.3. The van der Waals surface area contributed by atoms with Gasteiger partial charge in [0.15, 0.2) is 5.78 Å². The highest BCUT2D eigenvalue weighted by Crippen LogP contribution is 2.41. The molecular formula is C13H19ClF2O3. The number of halogens is 3. The van der Waals surface area contributed by atoms with Gasteiger partial charge in [-0.3, -0.25) is 9.59 Å². The molecule has 1 aliphatic carbocycles. The Bertz CT molecular complexity index is 363. The van der Waals surface area contributed by atoms with Crippen molar-refractivity contribution >= 4 is 23.4 Å². The lowest BCUT2D eigenvalue weighted by Gasteiger charge is -2.35. The van der Waals surface area contributed by atoms with Crippen molar-refractivity contribution in [2.24, 2.45) is 11.8 Å². The third-order valence-electron chi connectivity index (χ3n) is 3.08. The fraction of sp³-hybridized carbons (Fsp3) is 0.846. The summed E-state index contributed by atoms with van der Waals surface area (Å²) in [5.74, 6) is -6.24. The second-order valence-electron chi connectivity index (χ2n) is 5.95. The van der Waals surface area contributed by atoms with E-state index in [-0.39, 0.29) is 12.3 Å². The maximum atomic E-state index is 13.4. The summed E-state index contributed by atoms with van der Waals surface area (Å²) in [4.78, 5) is 23.7. The summed E-state index contributed by atoms with van der Waals surface area (Å²) in [5.41, 5.74) is -0.703. The van der Waals surface area contributed by atoms with Crippen LogP contribution in [-0.2, 0) is 14.3 Å². The van der Waals surface area contributed by atoms with E-state index in [4.69, 9.17) is 16.3 Å². The van der Waals surface area contributed by atoms with Crippen molar-refractivity contribution in [3.8, 4) is 0 Å². The van der Waals surface area contributed by atoms with E-state index < -0.39 is 48.0 Å². The van der Waals surface area contributed by atoms with Crippen LogP contribution in [0, 0.1) is 11.8 Å². The lowest BCUT2D eigenvalue weighted by Crippen LogP contribution is -2.43. The molecule has 6 heteroatoms. The number of Topliss-reactive ketones (excluding diaryl/α,β-unsaturated/α-hetero) is 1. The van der Waals surface area contributed by atoms with Crippen LogP contribution in [0.2, 0.25) is 0 Å². The van der Waals surface area contributed by atoms with Crippen molar-refractivity contribution in [2.45, 2.75) is 51.6 Å². The zero-order valence-corrected chi connectivity index (χ0v) is 12.1. The van der Waals surface area contributed by atoms with Gasteiger partial charge >= 0.3 is 5.97 Å². The molecule has 2 atom stereocenters. The number of ketones is 1. The predicted molar refractivity (Wildman–Crippen MR) is 67.4 cm³/mol. The number of alkyl halides is 3. The van der Waals surface area contributed by atoms with Crippen LogP contribution in [0.25, 0.3) is 0 Å². The summed E-state index contributed by atoms with van der Waals surface area (Å²) in [6.45, 7) is 5.09. The summed E-state index contributed by atoms with van der Waals surface area (Å²) in [6, 6.07) is 0. The van der Waals surface area contributed by atoms with Crippen molar-refractivity contribution in [3.05, 3.63) is 0 Å². The molecule has 0 aliphatic heterocycles. The van der Waals surface area contributed by atoms with Crippen LogP contribution in [0.4, 0.5) is 8.78 Å². The molecule has 0 aromatic heterocycles. The highest BCUT2D eigenvalue weighted by Gasteiger charge is 2.47. The largest absolute Gasteiger partial charge is 0.460 e. The van der Waals surface area contributed by atoms with Crippen LogP contribution in [0.5, 0.6) is 0 Å². The highest BCUT2D eigenvalue weighted by atomic mass is 35.5. The van der Waals surface area contributed by atoms with E-state index in [1.54, 1.807) is 20.8 Å². The molecular weight excluding hydrogens is 278 g/mol. The van der Waals surface area contributed by atoms with Gasteiger partial charge in [0.05, 0.1) is 11.8 Å². The predicted octanol–water partition coefficient (Wildman–Crippen LogP) is 3.19. The van der Waals surface area contributed by atoms with Crippen LogP contribution in [0.3, 0.4) is 0 Å². The number of rotatable bonds is 3. The number of carbonyl (C=O) groups is 2. The summed E-state index contributed by atoms with van der Waals surface area (Å²) >= 11 is 5.43. The van der Waals surface area contributed by atoms with Gasteiger partial charge in [0, 0.05) is 18.8 Å². The molecule has 0 bridgehead atoms. The van der Waals surface area contributed by atoms with E-state index >= 15 is 0 Å². The van der Waals surface area contributed by atoms with E-state index in [2.05, 4.69) is 0 Å². The van der Waals surface area contributed by atoms with Gasteiger partial charge in [-0.25, -0.2) is 8.78 Å². The maximum absolute atomic E-state index is 13.4. The molecule has 0 amide bonds. The second-order valence-corrected chi connectivity index (χ2v) is 6.21. The zero-order valence-electron chi connectivity index (χ0n) is 11.3. The fourth-order valence-corrected chi connectivity index (χ4v) is 2.43. The van der Waals surface area contributed by atoms with E-state index in [0.29, 0.717) is 0 Å². The first-order valence-corrected chi connectivity index (χ1v) is 6.78. The Morgan fingerprint density at radius 1 is 1.32 bits per heavy atom. The van der Waals surface area contributed by atoms with Crippen LogP contribution in [-0.4, -0.2) is 29.2 Å². The molecule has 3 nitrogen and oxygen atoms in total. The SMILES string of the molecule is CC(C)(C)OC(=O)C1CCC(F)(F)CC1C(=O)CCl. The summed E-state index contributed by atoms with van der Waals surface area (Å²) in [7, 11) is 0. The standard InChI is InChI=1S/C13H19ClF2O3/c1-12(2,3)19-11(18)8-4-5-13(15,16)6-9(8)10(17)7-14/h8-9H,4-7H2,1-3H3. The van der Waals surface area contributed by atoms with E-state index in [1.165, 1.54) is 0 Å². The van der Waals surface area contributed by atoms with Gasteiger partial charge in [-0.2, -0.15) is 0 Å². The lowest BCUT2D eigenvalue weighted by molar-refractivity contribution is -0.170.